The number of amidine groups is 1. The first-order chi connectivity index (χ1) is 15.0. The zero-order chi connectivity index (χ0) is 21.4. The number of aromatic nitrogens is 1. The molecule has 9 nitrogen and oxygen atoms in total. The van der Waals surface area contributed by atoms with E-state index >= 15 is 0 Å². The molecule has 31 heavy (non-hydrogen) atoms. The van der Waals surface area contributed by atoms with Crippen LogP contribution in [-0.2, 0) is 19.6 Å². The number of fused-ring (bicyclic) bond motifs is 2. The normalized spacial score (nSPS) is 18.7. The number of hydrogen-bond acceptors (Lipinski definition) is 8. The number of sulfonamides is 1. The van der Waals surface area contributed by atoms with Crippen LogP contribution < -0.4 is 14.9 Å². The Kier molecular flexibility index (Phi) is 5.08. The molecule has 0 atom stereocenters. The van der Waals surface area contributed by atoms with Gasteiger partial charge in [-0.3, -0.25) is 14.5 Å². The zero-order valence-electron chi connectivity index (χ0n) is 16.4. The molecule has 0 spiro atoms. The second-order valence-corrected chi connectivity index (χ2v) is 9.75. The third-order valence-electron chi connectivity index (χ3n) is 4.99. The van der Waals surface area contributed by atoms with Crippen molar-refractivity contribution in [1.29, 1.82) is 0 Å². The topological polar surface area (TPSA) is 113 Å². The Balaban J connectivity index is 1.29. The van der Waals surface area contributed by atoms with Crippen LogP contribution in [0.1, 0.15) is 5.56 Å². The van der Waals surface area contributed by atoms with Crippen LogP contribution >= 0.6 is 11.3 Å². The molecular weight excluding hydrogens is 438 g/mol. The van der Waals surface area contributed by atoms with Crippen LogP contribution in [-0.4, -0.2) is 58.0 Å². The van der Waals surface area contributed by atoms with Crippen LogP contribution in [0.3, 0.4) is 0 Å². The number of amides is 1. The molecular formula is C20H19N5O4S2. The summed E-state index contributed by atoms with van der Waals surface area (Å²) in [5.41, 5.74) is 1.99. The van der Waals surface area contributed by atoms with Crippen molar-refractivity contribution < 1.29 is 17.9 Å². The minimum absolute atomic E-state index is 0.167. The first kappa shape index (κ1) is 19.9. The number of rotatable bonds is 4. The summed E-state index contributed by atoms with van der Waals surface area (Å²) in [6.07, 6.45) is 0. The number of ether oxygens (including phenoxy) is 1. The first-order valence-electron chi connectivity index (χ1n) is 9.69. The standard InChI is InChI=1S/C20H19N5O4S2/c26-18(12-21-19-14-3-1-2-4-17(14)31(27,28)24-19)22-13-5-6-15-16(11-13)30-20(23-15)25-7-9-29-10-8-25/h1-6,11H,7-10,12H2,(H,21,24)(H,22,26). The van der Waals surface area contributed by atoms with Gasteiger partial charge in [0.15, 0.2) is 5.13 Å². The Morgan fingerprint density at radius 1 is 1.23 bits per heavy atom. The number of morpholine rings is 1. The molecule has 2 N–H and O–H groups in total. The fraction of sp³-hybridized carbons (Fsp3) is 0.250. The van der Waals surface area contributed by atoms with Gasteiger partial charge in [-0.1, -0.05) is 23.5 Å². The molecule has 3 aromatic rings. The maximum absolute atomic E-state index is 12.4. The highest BCUT2D eigenvalue weighted by molar-refractivity contribution is 7.90. The minimum Gasteiger partial charge on any atom is -0.378 e. The average Bonchev–Trinajstić information content (AvgIpc) is 3.31. The van der Waals surface area contributed by atoms with Gasteiger partial charge < -0.3 is 15.0 Å². The molecule has 1 saturated heterocycles. The summed E-state index contributed by atoms with van der Waals surface area (Å²) in [7, 11) is -3.62. The largest absolute Gasteiger partial charge is 0.378 e. The third-order valence-corrected chi connectivity index (χ3v) is 7.46. The Labute approximate surface area is 182 Å². The lowest BCUT2D eigenvalue weighted by molar-refractivity contribution is -0.114. The summed E-state index contributed by atoms with van der Waals surface area (Å²) < 4.78 is 33.0. The summed E-state index contributed by atoms with van der Waals surface area (Å²) in [6, 6.07) is 12.1. The molecule has 0 radical (unpaired) electrons. The number of nitrogens with one attached hydrogen (secondary N) is 2. The van der Waals surface area contributed by atoms with Gasteiger partial charge in [0.25, 0.3) is 10.0 Å². The number of aliphatic imine (C=N–C) groups is 1. The molecule has 0 bridgehead atoms. The summed E-state index contributed by atoms with van der Waals surface area (Å²) in [6.45, 7) is 2.82. The van der Waals surface area contributed by atoms with Crippen LogP contribution in [0, 0.1) is 0 Å². The summed E-state index contributed by atoms with van der Waals surface area (Å²) in [5, 5.41) is 3.76. The number of carbonyl (C=O) groups excluding carboxylic acids is 1. The van der Waals surface area contributed by atoms with E-state index in [1.807, 2.05) is 12.1 Å². The molecule has 2 aromatic carbocycles. The Morgan fingerprint density at radius 2 is 2.03 bits per heavy atom. The highest BCUT2D eigenvalue weighted by Crippen LogP contribution is 2.31. The fourth-order valence-electron chi connectivity index (χ4n) is 3.48. The Hall–Kier alpha value is -3.02. The molecule has 11 heteroatoms. The zero-order valence-corrected chi connectivity index (χ0v) is 18.0. The van der Waals surface area contributed by atoms with Crippen molar-refractivity contribution in [3.8, 4) is 0 Å². The van der Waals surface area contributed by atoms with Gasteiger partial charge in [-0.25, -0.2) is 13.4 Å². The number of hydrogen-bond donors (Lipinski definition) is 2. The minimum atomic E-state index is -3.62. The van der Waals surface area contributed by atoms with Crippen LogP contribution in [0.4, 0.5) is 10.8 Å². The van der Waals surface area contributed by atoms with Crippen LogP contribution in [0.2, 0.25) is 0 Å². The number of thiazole rings is 1. The predicted molar refractivity (Wildman–Crippen MR) is 119 cm³/mol. The molecule has 0 saturated carbocycles. The number of carbonyl (C=O) groups is 1. The molecule has 3 heterocycles. The van der Waals surface area contributed by atoms with Gasteiger partial charge in [-0.15, -0.1) is 0 Å². The van der Waals surface area contributed by atoms with Crippen LogP contribution in [0.15, 0.2) is 52.4 Å². The van der Waals surface area contributed by atoms with Crippen molar-refractivity contribution in [3.05, 3.63) is 48.0 Å². The van der Waals surface area contributed by atoms with E-state index in [-0.39, 0.29) is 23.2 Å². The van der Waals surface area contributed by atoms with E-state index in [0.29, 0.717) is 24.5 Å². The second-order valence-electron chi connectivity index (χ2n) is 7.09. The molecule has 1 amide bonds. The number of nitrogens with zero attached hydrogens (tertiary/aromatic N) is 3. The number of benzene rings is 2. The quantitative estimate of drug-likeness (QED) is 0.618. The van der Waals surface area contributed by atoms with Crippen molar-refractivity contribution in [2.24, 2.45) is 4.99 Å². The van der Waals surface area contributed by atoms with E-state index in [0.717, 1.165) is 28.4 Å². The average molecular weight is 458 g/mol. The van der Waals surface area contributed by atoms with Gasteiger partial charge in [0.2, 0.25) is 5.91 Å². The molecule has 2 aliphatic heterocycles. The van der Waals surface area contributed by atoms with Gasteiger partial charge in [0.1, 0.15) is 12.4 Å². The van der Waals surface area contributed by atoms with Crippen molar-refractivity contribution in [3.63, 3.8) is 0 Å². The second kappa shape index (κ2) is 7.91. The van der Waals surface area contributed by atoms with Crippen molar-refractivity contribution in [2.75, 3.05) is 43.1 Å². The summed E-state index contributed by atoms with van der Waals surface area (Å²) in [5.74, 6) is -0.160. The lowest BCUT2D eigenvalue weighted by Crippen LogP contribution is -2.36. The van der Waals surface area contributed by atoms with Crippen LogP contribution in [0.5, 0.6) is 0 Å². The molecule has 0 unspecified atom stereocenters. The molecule has 5 rings (SSSR count). The molecule has 0 aliphatic carbocycles. The van der Waals surface area contributed by atoms with Gasteiger partial charge in [0, 0.05) is 24.3 Å². The SMILES string of the molecule is O=C(CN=C1NS(=O)(=O)c2ccccc21)Nc1ccc2nc(N3CCOCC3)sc2c1. The van der Waals surface area contributed by atoms with E-state index in [2.05, 4.69) is 24.9 Å². The Bertz CT molecular complexity index is 1300. The molecule has 1 fully saturated rings. The lowest BCUT2D eigenvalue weighted by Gasteiger charge is -2.25. The molecule has 1 aromatic heterocycles. The predicted octanol–water partition coefficient (Wildman–Crippen LogP) is 1.81. The van der Waals surface area contributed by atoms with E-state index in [4.69, 9.17) is 4.74 Å². The fourth-order valence-corrected chi connectivity index (χ4v) is 5.79. The van der Waals surface area contributed by atoms with E-state index in [1.54, 1.807) is 35.6 Å². The van der Waals surface area contributed by atoms with Gasteiger partial charge >= 0.3 is 0 Å². The molecule has 2 aliphatic rings. The van der Waals surface area contributed by atoms with Crippen molar-refractivity contribution >= 4 is 54.1 Å². The van der Waals surface area contributed by atoms with Gasteiger partial charge in [0.05, 0.1) is 28.3 Å². The van der Waals surface area contributed by atoms with Gasteiger partial charge in [-0.2, -0.15) is 0 Å². The van der Waals surface area contributed by atoms with Crippen molar-refractivity contribution in [1.82, 2.24) is 9.71 Å². The first-order valence-corrected chi connectivity index (χ1v) is 12.0. The Morgan fingerprint density at radius 3 is 2.87 bits per heavy atom. The maximum Gasteiger partial charge on any atom is 0.263 e. The smallest absolute Gasteiger partial charge is 0.263 e. The summed E-state index contributed by atoms with van der Waals surface area (Å²) >= 11 is 1.57. The lowest BCUT2D eigenvalue weighted by atomic mass is 10.2. The monoisotopic (exact) mass is 457 g/mol. The van der Waals surface area contributed by atoms with Gasteiger partial charge in [-0.05, 0) is 30.3 Å². The number of anilines is 2. The van der Waals surface area contributed by atoms with Crippen molar-refractivity contribution in [2.45, 2.75) is 4.90 Å². The maximum atomic E-state index is 12.4. The molecule has 160 valence electrons. The highest BCUT2D eigenvalue weighted by Gasteiger charge is 2.30. The van der Waals surface area contributed by atoms with E-state index < -0.39 is 10.0 Å². The summed E-state index contributed by atoms with van der Waals surface area (Å²) in [4.78, 5) is 23.6. The van der Waals surface area contributed by atoms with E-state index in [1.165, 1.54) is 6.07 Å². The van der Waals surface area contributed by atoms with Crippen LogP contribution in [0.25, 0.3) is 10.2 Å². The highest BCUT2D eigenvalue weighted by atomic mass is 32.2. The van der Waals surface area contributed by atoms with E-state index in [9.17, 15) is 13.2 Å². The third kappa shape index (κ3) is 3.99.